The van der Waals surface area contributed by atoms with Crippen molar-refractivity contribution in [2.24, 2.45) is 0 Å². The molecule has 0 N–H and O–H groups in total. The lowest BCUT2D eigenvalue weighted by Gasteiger charge is -2.22. The SMILES string of the molecule is CC(C)c1ccc([C@H]2Oc3ccccc3C=C2[N+](=O)[O-])cc1. The van der Waals surface area contributed by atoms with Gasteiger partial charge in [-0.25, -0.2) is 0 Å². The molecule has 0 unspecified atom stereocenters. The Morgan fingerprint density at radius 3 is 2.41 bits per heavy atom. The molecule has 0 aliphatic carbocycles. The zero-order valence-corrected chi connectivity index (χ0v) is 12.5. The van der Waals surface area contributed by atoms with Crippen LogP contribution in [0, 0.1) is 10.1 Å². The fourth-order valence-corrected chi connectivity index (χ4v) is 2.57. The van der Waals surface area contributed by atoms with Gasteiger partial charge in [-0.05, 0) is 17.5 Å². The summed E-state index contributed by atoms with van der Waals surface area (Å²) < 4.78 is 5.88. The summed E-state index contributed by atoms with van der Waals surface area (Å²) in [4.78, 5) is 11.0. The number of hydrogen-bond donors (Lipinski definition) is 0. The van der Waals surface area contributed by atoms with E-state index >= 15 is 0 Å². The van der Waals surface area contributed by atoms with Crippen molar-refractivity contribution in [1.82, 2.24) is 0 Å². The molecule has 0 saturated carbocycles. The molecule has 0 fully saturated rings. The van der Waals surface area contributed by atoms with Crippen LogP contribution in [0.5, 0.6) is 5.75 Å². The number of nitrogens with zero attached hydrogens (tertiary/aromatic N) is 1. The van der Waals surface area contributed by atoms with Gasteiger partial charge in [0.05, 0.1) is 4.92 Å². The van der Waals surface area contributed by atoms with Gasteiger partial charge in [-0.1, -0.05) is 56.3 Å². The highest BCUT2D eigenvalue weighted by Gasteiger charge is 2.32. The van der Waals surface area contributed by atoms with Crippen LogP contribution in [0.3, 0.4) is 0 Å². The molecular weight excluding hydrogens is 278 g/mol. The minimum absolute atomic E-state index is 0.0657. The van der Waals surface area contributed by atoms with Crippen LogP contribution in [0.25, 0.3) is 6.08 Å². The average Bonchev–Trinajstić information content (AvgIpc) is 2.53. The summed E-state index contributed by atoms with van der Waals surface area (Å²) in [6, 6.07) is 15.2. The Labute approximate surface area is 129 Å². The quantitative estimate of drug-likeness (QED) is 0.616. The van der Waals surface area contributed by atoms with Crippen LogP contribution in [-0.4, -0.2) is 4.92 Å². The molecule has 2 aromatic carbocycles. The lowest BCUT2D eigenvalue weighted by molar-refractivity contribution is -0.434. The predicted octanol–water partition coefficient (Wildman–Crippen LogP) is 4.56. The molecule has 112 valence electrons. The molecule has 0 spiro atoms. The second kappa shape index (κ2) is 5.64. The molecule has 4 nitrogen and oxygen atoms in total. The van der Waals surface area contributed by atoms with Crippen molar-refractivity contribution in [3.05, 3.63) is 81.0 Å². The van der Waals surface area contributed by atoms with Crippen LogP contribution in [0.1, 0.15) is 42.6 Å². The summed E-state index contributed by atoms with van der Waals surface area (Å²) in [5, 5.41) is 11.4. The Hall–Kier alpha value is -2.62. The summed E-state index contributed by atoms with van der Waals surface area (Å²) >= 11 is 0. The van der Waals surface area contributed by atoms with Crippen molar-refractivity contribution in [2.75, 3.05) is 0 Å². The van der Waals surface area contributed by atoms with Gasteiger partial charge in [-0.2, -0.15) is 0 Å². The highest BCUT2D eigenvalue weighted by molar-refractivity contribution is 5.62. The summed E-state index contributed by atoms with van der Waals surface area (Å²) in [6.07, 6.45) is 0.922. The molecule has 0 bridgehead atoms. The second-order valence-electron chi connectivity index (χ2n) is 5.68. The van der Waals surface area contributed by atoms with E-state index < -0.39 is 6.10 Å². The highest BCUT2D eigenvalue weighted by Crippen LogP contribution is 2.37. The van der Waals surface area contributed by atoms with Crippen LogP contribution >= 0.6 is 0 Å². The first-order chi connectivity index (χ1) is 10.6. The van der Waals surface area contributed by atoms with Gasteiger partial charge in [0.25, 0.3) is 5.70 Å². The van der Waals surface area contributed by atoms with E-state index in [9.17, 15) is 10.1 Å². The van der Waals surface area contributed by atoms with E-state index in [1.54, 1.807) is 6.08 Å². The Morgan fingerprint density at radius 2 is 1.77 bits per heavy atom. The molecule has 1 aliphatic rings. The molecule has 3 rings (SSSR count). The van der Waals surface area contributed by atoms with Crippen molar-refractivity contribution in [2.45, 2.75) is 25.9 Å². The number of nitro groups is 1. The first-order valence-electron chi connectivity index (χ1n) is 7.28. The van der Waals surface area contributed by atoms with E-state index in [-0.39, 0.29) is 10.6 Å². The number of hydrogen-bond acceptors (Lipinski definition) is 3. The van der Waals surface area contributed by atoms with Crippen molar-refractivity contribution in [1.29, 1.82) is 0 Å². The smallest absolute Gasteiger partial charge is 0.291 e. The van der Waals surface area contributed by atoms with Gasteiger partial charge in [0.1, 0.15) is 5.75 Å². The van der Waals surface area contributed by atoms with Gasteiger partial charge in [-0.3, -0.25) is 10.1 Å². The van der Waals surface area contributed by atoms with E-state index in [4.69, 9.17) is 4.74 Å². The van der Waals surface area contributed by atoms with Gasteiger partial charge >= 0.3 is 0 Å². The van der Waals surface area contributed by atoms with Gasteiger partial charge in [-0.15, -0.1) is 0 Å². The van der Waals surface area contributed by atoms with Crippen LogP contribution < -0.4 is 4.74 Å². The maximum atomic E-state index is 11.4. The highest BCUT2D eigenvalue weighted by atomic mass is 16.6. The molecule has 0 aromatic heterocycles. The van der Waals surface area contributed by atoms with E-state index in [0.29, 0.717) is 11.7 Å². The monoisotopic (exact) mass is 295 g/mol. The average molecular weight is 295 g/mol. The number of para-hydroxylation sites is 1. The fourth-order valence-electron chi connectivity index (χ4n) is 2.57. The summed E-state index contributed by atoms with van der Waals surface area (Å²) in [5.74, 6) is 1.10. The van der Waals surface area contributed by atoms with Crippen LogP contribution in [0.2, 0.25) is 0 Å². The third-order valence-electron chi connectivity index (χ3n) is 3.85. The molecule has 22 heavy (non-hydrogen) atoms. The van der Waals surface area contributed by atoms with Crippen molar-refractivity contribution < 1.29 is 9.66 Å². The predicted molar refractivity (Wildman–Crippen MR) is 85.3 cm³/mol. The van der Waals surface area contributed by atoms with Crippen LogP contribution in [0.4, 0.5) is 0 Å². The molecular formula is C18H17NO3. The van der Waals surface area contributed by atoms with Gasteiger partial charge < -0.3 is 4.74 Å². The number of rotatable bonds is 3. The Bertz CT molecular complexity index is 732. The van der Waals surface area contributed by atoms with E-state index in [1.807, 2.05) is 48.5 Å². The molecule has 0 radical (unpaired) electrons. The molecule has 1 atom stereocenters. The standard InChI is InChI=1S/C18H17NO3/c1-12(2)13-7-9-14(10-8-13)18-16(19(20)21)11-15-5-3-4-6-17(15)22-18/h3-12,18H,1-2H3/t18-/m1/s1. The number of ether oxygens (including phenoxy) is 1. The maximum Gasteiger partial charge on any atom is 0.291 e. The zero-order chi connectivity index (χ0) is 15.7. The minimum atomic E-state index is -0.675. The first kappa shape index (κ1) is 14.3. The van der Waals surface area contributed by atoms with E-state index in [0.717, 1.165) is 11.1 Å². The van der Waals surface area contributed by atoms with Crippen molar-refractivity contribution in [3.63, 3.8) is 0 Å². The Balaban J connectivity index is 2.01. The minimum Gasteiger partial charge on any atom is -0.474 e. The summed E-state index contributed by atoms with van der Waals surface area (Å²) in [6.45, 7) is 4.23. The summed E-state index contributed by atoms with van der Waals surface area (Å²) in [7, 11) is 0. The Kier molecular flexibility index (Phi) is 3.67. The van der Waals surface area contributed by atoms with Gasteiger partial charge in [0.2, 0.25) is 6.10 Å². The molecule has 0 saturated heterocycles. The second-order valence-corrected chi connectivity index (χ2v) is 5.68. The number of fused-ring (bicyclic) bond motifs is 1. The largest absolute Gasteiger partial charge is 0.474 e. The lowest BCUT2D eigenvalue weighted by atomic mass is 9.97. The topological polar surface area (TPSA) is 52.4 Å². The molecule has 1 aliphatic heterocycles. The normalized spacial score (nSPS) is 16.7. The van der Waals surface area contributed by atoms with E-state index in [2.05, 4.69) is 13.8 Å². The van der Waals surface area contributed by atoms with Crippen LogP contribution in [-0.2, 0) is 0 Å². The summed E-state index contributed by atoms with van der Waals surface area (Å²) in [5.41, 5.74) is 2.80. The third kappa shape index (κ3) is 2.60. The van der Waals surface area contributed by atoms with Gasteiger partial charge in [0, 0.05) is 17.2 Å². The lowest BCUT2D eigenvalue weighted by Crippen LogP contribution is -2.19. The van der Waals surface area contributed by atoms with E-state index in [1.165, 1.54) is 5.56 Å². The van der Waals surface area contributed by atoms with Gasteiger partial charge in [0.15, 0.2) is 0 Å². The molecule has 2 aromatic rings. The van der Waals surface area contributed by atoms with Crippen molar-refractivity contribution in [3.8, 4) is 5.75 Å². The zero-order valence-electron chi connectivity index (χ0n) is 12.5. The maximum absolute atomic E-state index is 11.4. The fraction of sp³-hybridized carbons (Fsp3) is 0.222. The third-order valence-corrected chi connectivity index (χ3v) is 3.85. The van der Waals surface area contributed by atoms with Crippen molar-refractivity contribution >= 4 is 6.08 Å². The molecule has 4 heteroatoms. The molecule has 0 amide bonds. The number of benzene rings is 2. The Morgan fingerprint density at radius 1 is 1.09 bits per heavy atom. The van der Waals surface area contributed by atoms with Crippen LogP contribution in [0.15, 0.2) is 54.2 Å². The molecule has 1 heterocycles. The first-order valence-corrected chi connectivity index (χ1v) is 7.28.